The molecule has 2 aromatic carbocycles. The number of halogens is 1. The van der Waals surface area contributed by atoms with Gasteiger partial charge in [0.05, 0.1) is 29.2 Å². The molecule has 1 atom stereocenters. The molecular weight excluding hydrogens is 329 g/mol. The van der Waals surface area contributed by atoms with Crippen LogP contribution in [0.25, 0.3) is 5.69 Å². The predicted molar refractivity (Wildman–Crippen MR) is 100.0 cm³/mol. The molecule has 1 unspecified atom stereocenters. The second-order valence-electron chi connectivity index (χ2n) is 6.35. The van der Waals surface area contributed by atoms with Crippen molar-refractivity contribution in [3.8, 4) is 5.69 Å². The SMILES string of the molecule is CCc1c(C(=O)NC(C)c2ccc(F)cc2)cnn1-c1ccc(C)cc1. The minimum absolute atomic E-state index is 0.183. The molecular formula is C21H22FN3O. The fourth-order valence-electron chi connectivity index (χ4n) is 2.92. The average molecular weight is 351 g/mol. The van der Waals surface area contributed by atoms with Gasteiger partial charge in [-0.05, 0) is 50.1 Å². The van der Waals surface area contributed by atoms with Gasteiger partial charge in [-0.2, -0.15) is 5.10 Å². The average Bonchev–Trinajstić information content (AvgIpc) is 3.07. The van der Waals surface area contributed by atoms with Crippen molar-refractivity contribution in [1.29, 1.82) is 0 Å². The highest BCUT2D eigenvalue weighted by Crippen LogP contribution is 2.19. The molecule has 3 aromatic rings. The zero-order valence-corrected chi connectivity index (χ0v) is 15.2. The van der Waals surface area contributed by atoms with E-state index in [1.165, 1.54) is 17.7 Å². The number of rotatable bonds is 5. The summed E-state index contributed by atoms with van der Waals surface area (Å²) in [5.74, 6) is -0.475. The van der Waals surface area contributed by atoms with Crippen LogP contribution >= 0.6 is 0 Å². The summed E-state index contributed by atoms with van der Waals surface area (Å²) in [6.07, 6.45) is 2.28. The molecule has 0 saturated heterocycles. The first kappa shape index (κ1) is 17.9. The Labute approximate surface area is 152 Å². The summed E-state index contributed by atoms with van der Waals surface area (Å²) in [4.78, 5) is 12.7. The second-order valence-corrected chi connectivity index (χ2v) is 6.35. The maximum Gasteiger partial charge on any atom is 0.255 e. The molecule has 0 fully saturated rings. The normalized spacial score (nSPS) is 12.0. The summed E-state index contributed by atoms with van der Waals surface area (Å²) >= 11 is 0. The zero-order chi connectivity index (χ0) is 18.7. The van der Waals surface area contributed by atoms with Crippen molar-refractivity contribution >= 4 is 5.91 Å². The highest BCUT2D eigenvalue weighted by atomic mass is 19.1. The van der Waals surface area contributed by atoms with Crippen LogP contribution in [0.1, 0.15) is 47.1 Å². The largest absolute Gasteiger partial charge is 0.345 e. The lowest BCUT2D eigenvalue weighted by molar-refractivity contribution is 0.0939. The Hall–Kier alpha value is -2.95. The fraction of sp³-hybridized carbons (Fsp3) is 0.238. The van der Waals surface area contributed by atoms with Crippen molar-refractivity contribution in [2.24, 2.45) is 0 Å². The molecule has 0 aliphatic rings. The number of hydrogen-bond donors (Lipinski definition) is 1. The van der Waals surface area contributed by atoms with Crippen LogP contribution in [-0.2, 0) is 6.42 Å². The Morgan fingerprint density at radius 1 is 1.15 bits per heavy atom. The fourth-order valence-corrected chi connectivity index (χ4v) is 2.92. The van der Waals surface area contributed by atoms with E-state index in [0.717, 1.165) is 16.9 Å². The molecule has 0 radical (unpaired) electrons. The molecule has 3 rings (SSSR count). The Bertz CT molecular complexity index is 898. The summed E-state index contributed by atoms with van der Waals surface area (Å²) in [7, 11) is 0. The Kier molecular flexibility index (Phi) is 5.16. The molecule has 134 valence electrons. The minimum atomic E-state index is -0.292. The Morgan fingerprint density at radius 3 is 2.42 bits per heavy atom. The van der Waals surface area contributed by atoms with Crippen LogP contribution < -0.4 is 5.32 Å². The van der Waals surface area contributed by atoms with E-state index in [4.69, 9.17) is 0 Å². The molecule has 0 saturated carbocycles. The number of benzene rings is 2. The summed E-state index contributed by atoms with van der Waals surface area (Å²) < 4.78 is 14.9. The minimum Gasteiger partial charge on any atom is -0.345 e. The molecule has 1 amide bonds. The molecule has 0 spiro atoms. The number of aryl methyl sites for hydroxylation is 1. The van der Waals surface area contributed by atoms with E-state index in [1.807, 2.05) is 45.0 Å². The first-order chi connectivity index (χ1) is 12.5. The highest BCUT2D eigenvalue weighted by Gasteiger charge is 2.19. The molecule has 0 aliphatic heterocycles. The van der Waals surface area contributed by atoms with Gasteiger partial charge in [-0.25, -0.2) is 9.07 Å². The van der Waals surface area contributed by atoms with E-state index in [-0.39, 0.29) is 17.8 Å². The number of nitrogens with zero attached hydrogens (tertiary/aromatic N) is 2. The van der Waals surface area contributed by atoms with Crippen LogP contribution in [-0.4, -0.2) is 15.7 Å². The lowest BCUT2D eigenvalue weighted by atomic mass is 10.1. The van der Waals surface area contributed by atoms with E-state index in [9.17, 15) is 9.18 Å². The summed E-state index contributed by atoms with van der Waals surface area (Å²) in [5, 5.41) is 7.37. The number of hydrogen-bond acceptors (Lipinski definition) is 2. The molecule has 1 N–H and O–H groups in total. The summed E-state index contributed by atoms with van der Waals surface area (Å²) in [6.45, 7) is 5.91. The van der Waals surface area contributed by atoms with E-state index >= 15 is 0 Å². The van der Waals surface area contributed by atoms with Crippen LogP contribution in [0.5, 0.6) is 0 Å². The van der Waals surface area contributed by atoms with E-state index < -0.39 is 0 Å². The molecule has 26 heavy (non-hydrogen) atoms. The molecule has 5 heteroatoms. The van der Waals surface area contributed by atoms with Crippen LogP contribution in [0.2, 0.25) is 0 Å². The van der Waals surface area contributed by atoms with Crippen molar-refractivity contribution in [3.63, 3.8) is 0 Å². The van der Waals surface area contributed by atoms with Crippen molar-refractivity contribution in [1.82, 2.24) is 15.1 Å². The quantitative estimate of drug-likeness (QED) is 0.742. The van der Waals surface area contributed by atoms with E-state index in [2.05, 4.69) is 10.4 Å². The molecule has 4 nitrogen and oxygen atoms in total. The number of carbonyl (C=O) groups excluding carboxylic acids is 1. The number of carbonyl (C=O) groups is 1. The lowest BCUT2D eigenvalue weighted by Gasteiger charge is -2.15. The second kappa shape index (κ2) is 7.52. The maximum absolute atomic E-state index is 13.1. The molecule has 0 bridgehead atoms. The molecule has 0 aliphatic carbocycles. The Morgan fingerprint density at radius 2 is 1.81 bits per heavy atom. The summed E-state index contributed by atoms with van der Waals surface area (Å²) in [5.41, 5.74) is 4.37. The van der Waals surface area contributed by atoms with Crippen molar-refractivity contribution in [2.75, 3.05) is 0 Å². The van der Waals surface area contributed by atoms with Gasteiger partial charge >= 0.3 is 0 Å². The Balaban J connectivity index is 1.83. The van der Waals surface area contributed by atoms with Crippen LogP contribution in [0.4, 0.5) is 4.39 Å². The smallest absolute Gasteiger partial charge is 0.255 e. The van der Waals surface area contributed by atoms with Gasteiger partial charge in [-0.3, -0.25) is 4.79 Å². The van der Waals surface area contributed by atoms with Gasteiger partial charge in [0.1, 0.15) is 5.82 Å². The van der Waals surface area contributed by atoms with Crippen molar-refractivity contribution < 1.29 is 9.18 Å². The first-order valence-corrected chi connectivity index (χ1v) is 8.70. The van der Waals surface area contributed by atoms with Crippen molar-refractivity contribution in [3.05, 3.63) is 82.9 Å². The number of aromatic nitrogens is 2. The van der Waals surface area contributed by atoms with Crippen LogP contribution in [0, 0.1) is 12.7 Å². The van der Waals surface area contributed by atoms with Crippen LogP contribution in [0.15, 0.2) is 54.7 Å². The van der Waals surface area contributed by atoms with Gasteiger partial charge in [-0.15, -0.1) is 0 Å². The van der Waals surface area contributed by atoms with E-state index in [0.29, 0.717) is 12.0 Å². The van der Waals surface area contributed by atoms with Gasteiger partial charge in [-0.1, -0.05) is 36.8 Å². The van der Waals surface area contributed by atoms with Gasteiger partial charge in [0.2, 0.25) is 0 Å². The predicted octanol–water partition coefficient (Wildman–Crippen LogP) is 4.37. The third-order valence-corrected chi connectivity index (χ3v) is 4.44. The van der Waals surface area contributed by atoms with Gasteiger partial charge in [0, 0.05) is 0 Å². The highest BCUT2D eigenvalue weighted by molar-refractivity contribution is 5.95. The molecule has 1 heterocycles. The lowest BCUT2D eigenvalue weighted by Crippen LogP contribution is -2.27. The van der Waals surface area contributed by atoms with Crippen LogP contribution in [0.3, 0.4) is 0 Å². The maximum atomic E-state index is 13.1. The summed E-state index contributed by atoms with van der Waals surface area (Å²) in [6, 6.07) is 13.9. The van der Waals surface area contributed by atoms with Gasteiger partial charge in [0.25, 0.3) is 5.91 Å². The standard InChI is InChI=1S/C21H22FN3O/c1-4-20-19(13-23-25(20)18-11-5-14(2)6-12-18)21(26)24-15(3)16-7-9-17(22)10-8-16/h5-13,15H,4H2,1-3H3,(H,24,26). The van der Waals surface area contributed by atoms with Crippen molar-refractivity contribution in [2.45, 2.75) is 33.2 Å². The zero-order valence-electron chi connectivity index (χ0n) is 15.2. The molecule has 1 aromatic heterocycles. The van der Waals surface area contributed by atoms with Gasteiger partial charge < -0.3 is 5.32 Å². The number of amides is 1. The third kappa shape index (κ3) is 3.67. The number of nitrogens with one attached hydrogen (secondary N) is 1. The topological polar surface area (TPSA) is 46.9 Å². The van der Waals surface area contributed by atoms with E-state index in [1.54, 1.807) is 23.0 Å². The van der Waals surface area contributed by atoms with Gasteiger partial charge in [0.15, 0.2) is 0 Å². The third-order valence-electron chi connectivity index (χ3n) is 4.44. The monoisotopic (exact) mass is 351 g/mol. The first-order valence-electron chi connectivity index (χ1n) is 8.70.